The van der Waals surface area contributed by atoms with Gasteiger partial charge in [-0.15, -0.1) is 11.3 Å². The Bertz CT molecular complexity index is 1080. The number of aromatic nitrogens is 1. The molecule has 1 aromatic carbocycles. The number of rotatable bonds is 5. The van der Waals surface area contributed by atoms with Gasteiger partial charge in [-0.3, -0.25) is 4.79 Å². The summed E-state index contributed by atoms with van der Waals surface area (Å²) in [5, 5.41) is 4.73. The SMILES string of the molecule is COc1csc(C(=O)NCc2cccc3c2CCN(c2ccc(C(F)(F)F)cn2)C3)c1. The lowest BCUT2D eigenvalue weighted by Crippen LogP contribution is -2.32. The standard InChI is InChI=1S/C22H20F3N3O2S/c1-30-17-9-19(31-13-17)21(29)27-10-14-3-2-4-15-12-28(8-7-18(14)15)20-6-5-16(11-26-20)22(23,24)25/h2-6,9,11,13H,7-8,10,12H2,1H3,(H,27,29). The highest BCUT2D eigenvalue weighted by Crippen LogP contribution is 2.31. The molecule has 31 heavy (non-hydrogen) atoms. The number of hydrogen-bond donors (Lipinski definition) is 1. The average Bonchev–Trinajstić information content (AvgIpc) is 3.26. The number of ether oxygens (including phenoxy) is 1. The normalized spacial score (nSPS) is 13.6. The van der Waals surface area contributed by atoms with Gasteiger partial charge in [0.15, 0.2) is 0 Å². The third kappa shape index (κ3) is 4.66. The van der Waals surface area contributed by atoms with Crippen LogP contribution in [0, 0.1) is 0 Å². The molecule has 1 aliphatic heterocycles. The number of amides is 1. The van der Waals surface area contributed by atoms with Crippen molar-refractivity contribution in [1.29, 1.82) is 0 Å². The summed E-state index contributed by atoms with van der Waals surface area (Å²) < 4.78 is 43.4. The van der Waals surface area contributed by atoms with Crippen molar-refractivity contribution < 1.29 is 22.7 Å². The fraction of sp³-hybridized carbons (Fsp3) is 0.273. The minimum atomic E-state index is -4.40. The molecular weight excluding hydrogens is 427 g/mol. The number of nitrogens with zero attached hydrogens (tertiary/aromatic N) is 2. The number of carbonyl (C=O) groups excluding carboxylic acids is 1. The molecule has 0 spiro atoms. The second kappa shape index (κ2) is 8.58. The molecule has 1 amide bonds. The van der Waals surface area contributed by atoms with Gasteiger partial charge in [0.25, 0.3) is 5.91 Å². The first-order valence-electron chi connectivity index (χ1n) is 9.63. The minimum absolute atomic E-state index is 0.155. The van der Waals surface area contributed by atoms with Crippen molar-refractivity contribution in [2.45, 2.75) is 25.7 Å². The minimum Gasteiger partial charge on any atom is -0.496 e. The van der Waals surface area contributed by atoms with Crippen molar-refractivity contribution in [3.63, 3.8) is 0 Å². The van der Waals surface area contributed by atoms with E-state index in [0.29, 0.717) is 36.1 Å². The Morgan fingerprint density at radius 1 is 1.29 bits per heavy atom. The fourth-order valence-corrected chi connectivity index (χ4v) is 4.37. The number of halogens is 3. The molecule has 0 bridgehead atoms. The Morgan fingerprint density at radius 3 is 2.81 bits per heavy atom. The van der Waals surface area contributed by atoms with Crippen LogP contribution in [0.5, 0.6) is 5.75 Å². The molecule has 0 fully saturated rings. The van der Waals surface area contributed by atoms with Crippen molar-refractivity contribution in [2.24, 2.45) is 0 Å². The van der Waals surface area contributed by atoms with Gasteiger partial charge in [0, 0.05) is 37.3 Å². The van der Waals surface area contributed by atoms with Gasteiger partial charge in [-0.1, -0.05) is 18.2 Å². The van der Waals surface area contributed by atoms with Crippen LogP contribution in [0.15, 0.2) is 48.0 Å². The zero-order chi connectivity index (χ0) is 22.0. The van der Waals surface area contributed by atoms with E-state index in [1.54, 1.807) is 18.6 Å². The number of alkyl halides is 3. The van der Waals surface area contributed by atoms with Crippen LogP contribution in [-0.2, 0) is 25.7 Å². The molecule has 162 valence electrons. The molecule has 0 aliphatic carbocycles. The third-order valence-corrected chi connectivity index (χ3v) is 6.14. The summed E-state index contributed by atoms with van der Waals surface area (Å²) in [4.78, 5) is 18.9. The van der Waals surface area contributed by atoms with E-state index in [1.165, 1.54) is 17.4 Å². The lowest BCUT2D eigenvalue weighted by Gasteiger charge is -2.31. The van der Waals surface area contributed by atoms with E-state index in [0.717, 1.165) is 35.4 Å². The van der Waals surface area contributed by atoms with Gasteiger partial charge in [0.1, 0.15) is 11.6 Å². The highest BCUT2D eigenvalue weighted by Gasteiger charge is 2.31. The first kappa shape index (κ1) is 21.2. The van der Waals surface area contributed by atoms with Crippen LogP contribution < -0.4 is 15.0 Å². The lowest BCUT2D eigenvalue weighted by atomic mass is 9.94. The summed E-state index contributed by atoms with van der Waals surface area (Å²) >= 11 is 1.33. The summed E-state index contributed by atoms with van der Waals surface area (Å²) in [7, 11) is 1.56. The van der Waals surface area contributed by atoms with Crippen LogP contribution in [-0.4, -0.2) is 24.5 Å². The number of anilines is 1. The number of carbonyl (C=O) groups is 1. The Kier molecular flexibility index (Phi) is 5.86. The van der Waals surface area contributed by atoms with E-state index >= 15 is 0 Å². The molecule has 1 aliphatic rings. The molecule has 0 atom stereocenters. The van der Waals surface area contributed by atoms with Gasteiger partial charge in [-0.2, -0.15) is 13.2 Å². The molecule has 3 aromatic rings. The first-order valence-corrected chi connectivity index (χ1v) is 10.5. The average molecular weight is 447 g/mol. The van der Waals surface area contributed by atoms with E-state index < -0.39 is 11.7 Å². The topological polar surface area (TPSA) is 54.5 Å². The van der Waals surface area contributed by atoms with Gasteiger partial charge < -0.3 is 15.0 Å². The zero-order valence-corrected chi connectivity index (χ0v) is 17.5. The van der Waals surface area contributed by atoms with Gasteiger partial charge in [-0.05, 0) is 35.2 Å². The van der Waals surface area contributed by atoms with Crippen molar-refractivity contribution >= 4 is 23.1 Å². The molecule has 1 N–H and O–H groups in total. The maximum absolute atomic E-state index is 12.8. The van der Waals surface area contributed by atoms with Gasteiger partial charge in [0.2, 0.25) is 0 Å². The van der Waals surface area contributed by atoms with Crippen LogP contribution in [0.2, 0.25) is 0 Å². The van der Waals surface area contributed by atoms with E-state index in [4.69, 9.17) is 4.74 Å². The number of methoxy groups -OCH3 is 1. The molecule has 0 saturated heterocycles. The Hall–Kier alpha value is -3.07. The summed E-state index contributed by atoms with van der Waals surface area (Å²) in [5.74, 6) is 1.02. The highest BCUT2D eigenvalue weighted by atomic mass is 32.1. The zero-order valence-electron chi connectivity index (χ0n) is 16.7. The number of fused-ring (bicyclic) bond motifs is 1. The molecule has 0 unspecified atom stereocenters. The molecule has 2 aromatic heterocycles. The second-order valence-corrected chi connectivity index (χ2v) is 8.07. The number of thiophene rings is 1. The number of hydrogen-bond acceptors (Lipinski definition) is 5. The third-order valence-electron chi connectivity index (χ3n) is 5.24. The number of nitrogens with one attached hydrogen (secondary N) is 1. The van der Waals surface area contributed by atoms with Crippen molar-refractivity contribution in [2.75, 3.05) is 18.6 Å². The maximum atomic E-state index is 12.8. The maximum Gasteiger partial charge on any atom is 0.417 e. The molecule has 0 saturated carbocycles. The summed E-state index contributed by atoms with van der Waals surface area (Å²) in [5.41, 5.74) is 2.52. The molecule has 4 rings (SSSR count). The van der Waals surface area contributed by atoms with Crippen LogP contribution in [0.25, 0.3) is 0 Å². The summed E-state index contributed by atoms with van der Waals surface area (Å²) in [6.45, 7) is 1.59. The van der Waals surface area contributed by atoms with Crippen molar-refractivity contribution in [3.8, 4) is 5.75 Å². The quantitative estimate of drug-likeness (QED) is 0.618. The number of benzene rings is 1. The Morgan fingerprint density at radius 2 is 2.13 bits per heavy atom. The largest absolute Gasteiger partial charge is 0.496 e. The lowest BCUT2D eigenvalue weighted by molar-refractivity contribution is -0.137. The predicted molar refractivity (Wildman–Crippen MR) is 112 cm³/mol. The molecule has 9 heteroatoms. The van der Waals surface area contributed by atoms with Crippen LogP contribution in [0.1, 0.15) is 31.9 Å². The second-order valence-electron chi connectivity index (χ2n) is 7.16. The van der Waals surface area contributed by atoms with E-state index in [-0.39, 0.29) is 5.91 Å². The smallest absolute Gasteiger partial charge is 0.417 e. The Balaban J connectivity index is 1.44. The molecule has 0 radical (unpaired) electrons. The Labute approximate surface area is 181 Å². The van der Waals surface area contributed by atoms with Gasteiger partial charge >= 0.3 is 6.18 Å². The van der Waals surface area contributed by atoms with E-state index in [9.17, 15) is 18.0 Å². The predicted octanol–water partition coefficient (Wildman–Crippen LogP) is 4.66. The summed E-state index contributed by atoms with van der Waals surface area (Å²) in [6.07, 6.45) is -2.80. The molecule has 3 heterocycles. The van der Waals surface area contributed by atoms with E-state index in [2.05, 4.69) is 10.3 Å². The highest BCUT2D eigenvalue weighted by molar-refractivity contribution is 7.12. The fourth-order valence-electron chi connectivity index (χ4n) is 3.60. The van der Waals surface area contributed by atoms with Crippen molar-refractivity contribution in [3.05, 3.63) is 75.1 Å². The van der Waals surface area contributed by atoms with Crippen LogP contribution in [0.3, 0.4) is 0 Å². The number of pyridine rings is 1. The van der Waals surface area contributed by atoms with Crippen molar-refractivity contribution in [1.82, 2.24) is 10.3 Å². The van der Waals surface area contributed by atoms with Crippen LogP contribution in [0.4, 0.5) is 19.0 Å². The molecular formula is C22H20F3N3O2S. The molecule has 5 nitrogen and oxygen atoms in total. The van der Waals surface area contributed by atoms with Gasteiger partial charge in [-0.25, -0.2) is 4.98 Å². The summed E-state index contributed by atoms with van der Waals surface area (Å²) in [6, 6.07) is 10.1. The van der Waals surface area contributed by atoms with Gasteiger partial charge in [0.05, 0.1) is 17.6 Å². The van der Waals surface area contributed by atoms with E-state index in [1.807, 2.05) is 23.1 Å². The van der Waals surface area contributed by atoms with Crippen LogP contribution >= 0.6 is 11.3 Å². The first-order chi connectivity index (χ1) is 14.8. The monoisotopic (exact) mass is 447 g/mol.